The summed E-state index contributed by atoms with van der Waals surface area (Å²) in [7, 11) is 1.74. The van der Waals surface area contributed by atoms with E-state index in [4.69, 9.17) is 0 Å². The van der Waals surface area contributed by atoms with Crippen LogP contribution in [0.4, 0.5) is 30.4 Å². The summed E-state index contributed by atoms with van der Waals surface area (Å²) in [5, 5.41) is 16.8. The van der Waals surface area contributed by atoms with Gasteiger partial charge in [0, 0.05) is 37.4 Å². The molecule has 204 valence electrons. The normalized spacial score (nSPS) is 12.4. The van der Waals surface area contributed by atoms with Crippen molar-refractivity contribution < 1.29 is 22.8 Å². The maximum atomic E-state index is 12.8. The molecule has 0 saturated heterocycles. The second-order valence-electron chi connectivity index (χ2n) is 8.07. The van der Waals surface area contributed by atoms with Crippen LogP contribution in [0.25, 0.3) is 11.8 Å². The first-order chi connectivity index (χ1) is 18.5. The van der Waals surface area contributed by atoms with Crippen molar-refractivity contribution >= 4 is 52.1 Å². The van der Waals surface area contributed by atoms with Crippen LogP contribution in [0.15, 0.2) is 53.5 Å². The van der Waals surface area contributed by atoms with Crippen LogP contribution in [0.5, 0.6) is 0 Å². The molecule has 0 aliphatic carbocycles. The lowest BCUT2D eigenvalue weighted by molar-refractivity contribution is -0.135. The summed E-state index contributed by atoms with van der Waals surface area (Å²) in [6, 6.07) is 13.7. The lowest BCUT2D eigenvalue weighted by Gasteiger charge is -2.17. The average molecular weight is 560 g/mol. The van der Waals surface area contributed by atoms with E-state index < -0.39 is 29.8 Å². The topological polar surface area (TPSA) is 132 Å². The molecule has 0 saturated carbocycles. The molecule has 0 bridgehead atoms. The Balaban J connectivity index is 1.80. The van der Waals surface area contributed by atoms with Crippen LogP contribution >= 0.6 is 11.3 Å². The van der Waals surface area contributed by atoms with Gasteiger partial charge in [0.15, 0.2) is 5.57 Å². The molecule has 0 spiro atoms. The molecular formula is C25H24F3N7O3S. The number of alkyl halides is 3. The van der Waals surface area contributed by atoms with Gasteiger partial charge in [-0.15, -0.1) is 11.3 Å². The molecular weight excluding hydrogens is 535 g/mol. The minimum Gasteiger partial charge on any atom is -0.360 e. The number of nitriles is 1. The van der Waals surface area contributed by atoms with E-state index in [1.54, 1.807) is 72.9 Å². The molecule has 2 aromatic heterocycles. The highest BCUT2D eigenvalue weighted by molar-refractivity contribution is 7.07. The summed E-state index contributed by atoms with van der Waals surface area (Å²) in [5.41, 5.74) is -0.102. The van der Waals surface area contributed by atoms with E-state index >= 15 is 0 Å². The molecule has 2 heterocycles. The fourth-order valence-electron chi connectivity index (χ4n) is 3.37. The molecule has 1 aromatic carbocycles. The summed E-state index contributed by atoms with van der Waals surface area (Å²) in [4.78, 5) is 43.4. The Hall–Kier alpha value is -4.64. The number of amides is 2. The lowest BCUT2D eigenvalue weighted by atomic mass is 10.2. The second-order valence-corrected chi connectivity index (χ2v) is 9.10. The van der Waals surface area contributed by atoms with Crippen LogP contribution in [-0.2, 0) is 16.1 Å². The molecule has 0 aliphatic rings. The molecule has 0 aliphatic heterocycles. The third-order valence-corrected chi connectivity index (χ3v) is 6.29. The number of nitrogens with zero attached hydrogens (tertiary/aromatic N) is 4. The summed E-state index contributed by atoms with van der Waals surface area (Å²) >= 11 is 0.794. The number of nitrogens with one attached hydrogen (secondary N) is 3. The van der Waals surface area contributed by atoms with Crippen LogP contribution in [0.2, 0.25) is 0 Å². The SMILES string of the molecule is CCn1c(=O)/c(=C\Nc2cccc(NC(=O)CN(C)c3ccccn3)c2)s/c1=C(/C#N)C(=O)NCC(F)(F)F. The van der Waals surface area contributed by atoms with Gasteiger partial charge in [0.2, 0.25) is 5.91 Å². The van der Waals surface area contributed by atoms with Crippen LogP contribution in [-0.4, -0.2) is 47.7 Å². The Labute approximate surface area is 224 Å². The van der Waals surface area contributed by atoms with Crippen molar-refractivity contribution in [3.05, 3.63) is 68.2 Å². The van der Waals surface area contributed by atoms with Gasteiger partial charge in [-0.2, -0.15) is 18.4 Å². The Morgan fingerprint density at radius 2 is 1.95 bits per heavy atom. The van der Waals surface area contributed by atoms with Crippen LogP contribution in [0.1, 0.15) is 6.92 Å². The number of benzene rings is 1. The smallest absolute Gasteiger partial charge is 0.360 e. The molecule has 10 nitrogen and oxygen atoms in total. The van der Waals surface area contributed by atoms with Crippen molar-refractivity contribution in [2.45, 2.75) is 19.6 Å². The predicted octanol–water partition coefficient (Wildman–Crippen LogP) is 1.60. The first-order valence-corrected chi connectivity index (χ1v) is 12.3. The van der Waals surface area contributed by atoms with Gasteiger partial charge in [-0.3, -0.25) is 19.0 Å². The summed E-state index contributed by atoms with van der Waals surface area (Å²) < 4.78 is 38.7. The number of carbonyl (C=O) groups is 2. The number of hydrogen-bond acceptors (Lipinski definition) is 8. The van der Waals surface area contributed by atoms with Gasteiger partial charge in [0.05, 0.1) is 6.54 Å². The van der Waals surface area contributed by atoms with Crippen molar-refractivity contribution in [1.82, 2.24) is 14.9 Å². The summed E-state index contributed by atoms with van der Waals surface area (Å²) in [6.45, 7) is 0.148. The molecule has 39 heavy (non-hydrogen) atoms. The van der Waals surface area contributed by atoms with Crippen LogP contribution in [0, 0.1) is 11.3 Å². The van der Waals surface area contributed by atoms with E-state index in [1.165, 1.54) is 6.20 Å². The number of pyridine rings is 1. The highest BCUT2D eigenvalue weighted by Crippen LogP contribution is 2.16. The molecule has 0 atom stereocenters. The molecule has 3 N–H and O–H groups in total. The van der Waals surface area contributed by atoms with Gasteiger partial charge < -0.3 is 20.9 Å². The summed E-state index contributed by atoms with van der Waals surface area (Å²) in [6.07, 6.45) is -1.66. The van der Waals surface area contributed by atoms with Gasteiger partial charge in [0.25, 0.3) is 11.5 Å². The van der Waals surface area contributed by atoms with Gasteiger partial charge in [-0.25, -0.2) is 4.98 Å². The molecule has 14 heteroatoms. The zero-order valence-electron chi connectivity index (χ0n) is 20.9. The van der Waals surface area contributed by atoms with Crippen molar-refractivity contribution in [2.75, 3.05) is 35.7 Å². The Kier molecular flexibility index (Phi) is 9.45. The molecule has 0 radical (unpaired) electrons. The number of rotatable bonds is 9. The van der Waals surface area contributed by atoms with Gasteiger partial charge in [0.1, 0.15) is 27.6 Å². The van der Waals surface area contributed by atoms with E-state index in [9.17, 15) is 32.8 Å². The third kappa shape index (κ3) is 7.92. The number of likely N-dealkylation sites (N-methyl/N-ethyl adjacent to an activating group) is 1. The van der Waals surface area contributed by atoms with Crippen molar-refractivity contribution in [2.24, 2.45) is 0 Å². The molecule has 0 unspecified atom stereocenters. The van der Waals surface area contributed by atoms with E-state index in [0.29, 0.717) is 17.2 Å². The fraction of sp³-hybridized carbons (Fsp3) is 0.240. The zero-order valence-corrected chi connectivity index (χ0v) is 21.7. The van der Waals surface area contributed by atoms with E-state index in [0.717, 1.165) is 15.9 Å². The zero-order chi connectivity index (χ0) is 28.6. The van der Waals surface area contributed by atoms with Crippen LogP contribution < -0.4 is 35.6 Å². The van der Waals surface area contributed by atoms with Crippen molar-refractivity contribution in [1.29, 1.82) is 5.26 Å². The first-order valence-electron chi connectivity index (χ1n) is 11.5. The number of hydrogen-bond donors (Lipinski definition) is 3. The van der Waals surface area contributed by atoms with Crippen molar-refractivity contribution in [3.8, 4) is 6.07 Å². The first kappa shape index (κ1) is 28.9. The fourth-order valence-corrected chi connectivity index (χ4v) is 4.46. The number of anilines is 3. The monoisotopic (exact) mass is 559 g/mol. The molecule has 0 fully saturated rings. The number of carbonyl (C=O) groups excluding carboxylic acids is 2. The van der Waals surface area contributed by atoms with Gasteiger partial charge >= 0.3 is 6.18 Å². The highest BCUT2D eigenvalue weighted by atomic mass is 32.1. The average Bonchev–Trinajstić information content (AvgIpc) is 3.21. The quantitative estimate of drug-likeness (QED) is 0.363. The third-order valence-electron chi connectivity index (χ3n) is 5.16. The minimum absolute atomic E-state index is 0.0591. The minimum atomic E-state index is -4.65. The van der Waals surface area contributed by atoms with Crippen molar-refractivity contribution in [3.63, 3.8) is 0 Å². The van der Waals surface area contributed by atoms with E-state index in [2.05, 4.69) is 15.6 Å². The van der Waals surface area contributed by atoms with E-state index in [1.807, 2.05) is 6.07 Å². The van der Waals surface area contributed by atoms with E-state index in [-0.39, 0.29) is 28.2 Å². The maximum Gasteiger partial charge on any atom is 0.405 e. The van der Waals surface area contributed by atoms with Gasteiger partial charge in [-0.05, 0) is 37.3 Å². The van der Waals surface area contributed by atoms with Crippen LogP contribution in [0.3, 0.4) is 0 Å². The van der Waals surface area contributed by atoms with Gasteiger partial charge in [-0.1, -0.05) is 12.1 Å². The molecule has 2 amide bonds. The number of aromatic nitrogens is 2. The number of thiazole rings is 1. The Morgan fingerprint density at radius 3 is 2.59 bits per heavy atom. The maximum absolute atomic E-state index is 12.8. The largest absolute Gasteiger partial charge is 0.405 e. The second kappa shape index (κ2) is 12.7. The highest BCUT2D eigenvalue weighted by Gasteiger charge is 2.28. The molecule has 3 aromatic rings. The number of halogens is 3. The standard InChI is InChI=1S/C25H24F3N7O3S/c1-3-35-23(38)19(39-24(35)18(12-29)22(37)32-15-25(26,27)28)13-31-16-7-6-8-17(11-16)33-21(36)14-34(2)20-9-4-5-10-30-20/h4-11,13,31H,3,14-15H2,1-2H3,(H,32,37)(H,33,36)/b19-13+,24-18-. The Morgan fingerprint density at radius 1 is 1.21 bits per heavy atom. The lowest BCUT2D eigenvalue weighted by Crippen LogP contribution is -2.37. The Bertz CT molecular complexity index is 1560. The summed E-state index contributed by atoms with van der Waals surface area (Å²) in [5.74, 6) is -0.864. The molecule has 3 rings (SSSR count). The predicted molar refractivity (Wildman–Crippen MR) is 142 cm³/mol.